The zero-order chi connectivity index (χ0) is 20.9. The molecule has 0 spiro atoms. The minimum Gasteiger partial charge on any atom is -0.381 e. The Morgan fingerprint density at radius 3 is 2.63 bits per heavy atom. The summed E-state index contributed by atoms with van der Waals surface area (Å²) in [7, 11) is 0. The molecule has 0 aromatic carbocycles. The maximum Gasteiger partial charge on any atom is 0.150 e. The van der Waals surface area contributed by atoms with Crippen LogP contribution in [0, 0.1) is 17.7 Å². The molecular weight excluding hydrogens is 403 g/mol. The normalized spacial score (nSPS) is 22.8. The lowest BCUT2D eigenvalue weighted by Crippen LogP contribution is -2.27. The topological polar surface area (TPSA) is 73.1 Å². The first-order chi connectivity index (χ1) is 14.6. The number of nitrogens with one attached hydrogen (secondary N) is 1. The number of halogens is 2. The van der Waals surface area contributed by atoms with Gasteiger partial charge in [-0.2, -0.15) is 0 Å². The molecule has 2 aliphatic rings. The van der Waals surface area contributed by atoms with Crippen molar-refractivity contribution >= 4 is 17.4 Å². The first kappa shape index (κ1) is 21.5. The van der Waals surface area contributed by atoms with Crippen molar-refractivity contribution in [3.05, 3.63) is 40.9 Å². The first-order valence-electron chi connectivity index (χ1n) is 11.0. The lowest BCUT2D eigenvalue weighted by molar-refractivity contribution is 0.0699. The van der Waals surface area contributed by atoms with Crippen molar-refractivity contribution in [3.8, 4) is 11.3 Å². The number of nitrogens with two attached hydrogens (primary N) is 1. The standard InChI is InChI=1S/C23H30ClFN4O/c24-20-5-6-22(28-13-16-7-9-30-10-8-16)29-23(20)19-12-18(27-14-21(19)25)11-15-1-3-17(26)4-2-15/h5-6,12,14-17H,1-4,7-11,13,26H2,(H,28,29). The predicted octanol–water partition coefficient (Wildman–Crippen LogP) is 4.83. The quantitative estimate of drug-likeness (QED) is 0.683. The van der Waals surface area contributed by atoms with Crippen molar-refractivity contribution < 1.29 is 9.13 Å². The van der Waals surface area contributed by atoms with Crippen LogP contribution < -0.4 is 11.1 Å². The Hall–Kier alpha value is -1.76. The Balaban J connectivity index is 1.49. The Labute approximate surface area is 182 Å². The first-order valence-corrected chi connectivity index (χ1v) is 11.3. The summed E-state index contributed by atoms with van der Waals surface area (Å²) in [6.45, 7) is 2.44. The van der Waals surface area contributed by atoms with Crippen LogP contribution in [0.25, 0.3) is 11.3 Å². The minimum atomic E-state index is -0.402. The van der Waals surface area contributed by atoms with E-state index in [1.165, 1.54) is 6.20 Å². The number of hydrogen-bond acceptors (Lipinski definition) is 5. The van der Waals surface area contributed by atoms with E-state index in [0.717, 1.165) is 70.4 Å². The van der Waals surface area contributed by atoms with Crippen molar-refractivity contribution in [1.29, 1.82) is 0 Å². The van der Waals surface area contributed by atoms with E-state index in [1.54, 1.807) is 12.1 Å². The second-order valence-corrected chi connectivity index (χ2v) is 9.01. The number of pyridine rings is 2. The van der Waals surface area contributed by atoms with E-state index in [9.17, 15) is 4.39 Å². The van der Waals surface area contributed by atoms with Crippen LogP contribution in [0.3, 0.4) is 0 Å². The van der Waals surface area contributed by atoms with Crippen LogP contribution >= 0.6 is 11.6 Å². The molecule has 7 heteroatoms. The smallest absolute Gasteiger partial charge is 0.150 e. The van der Waals surface area contributed by atoms with Gasteiger partial charge in [-0.1, -0.05) is 11.6 Å². The molecule has 0 atom stereocenters. The van der Waals surface area contributed by atoms with Crippen LogP contribution in [0.1, 0.15) is 44.2 Å². The molecule has 5 nitrogen and oxygen atoms in total. The van der Waals surface area contributed by atoms with Crippen molar-refractivity contribution in [2.24, 2.45) is 17.6 Å². The summed E-state index contributed by atoms with van der Waals surface area (Å²) >= 11 is 6.40. The number of nitrogens with zero attached hydrogens (tertiary/aromatic N) is 2. The molecule has 162 valence electrons. The number of ether oxygens (including phenoxy) is 1. The van der Waals surface area contributed by atoms with Crippen LogP contribution in [0.5, 0.6) is 0 Å². The monoisotopic (exact) mass is 432 g/mol. The minimum absolute atomic E-state index is 0.317. The van der Waals surface area contributed by atoms with E-state index in [-0.39, 0.29) is 0 Å². The second kappa shape index (κ2) is 10.0. The Morgan fingerprint density at radius 1 is 1.10 bits per heavy atom. The van der Waals surface area contributed by atoms with Crippen molar-refractivity contribution in [2.75, 3.05) is 25.1 Å². The zero-order valence-electron chi connectivity index (χ0n) is 17.2. The van der Waals surface area contributed by atoms with Crippen molar-refractivity contribution in [2.45, 2.75) is 51.0 Å². The summed E-state index contributed by atoms with van der Waals surface area (Å²) < 4.78 is 20.1. The summed E-state index contributed by atoms with van der Waals surface area (Å²) in [5.74, 6) is 1.42. The van der Waals surface area contributed by atoms with Gasteiger partial charge < -0.3 is 15.8 Å². The van der Waals surface area contributed by atoms with Gasteiger partial charge in [0.25, 0.3) is 0 Å². The Bertz CT molecular complexity index is 851. The highest BCUT2D eigenvalue weighted by Gasteiger charge is 2.21. The summed E-state index contributed by atoms with van der Waals surface area (Å²) in [4.78, 5) is 8.95. The van der Waals surface area contributed by atoms with Gasteiger partial charge in [0, 0.05) is 37.1 Å². The number of hydrogen-bond donors (Lipinski definition) is 2. The van der Waals surface area contributed by atoms with Crippen LogP contribution in [0.2, 0.25) is 5.02 Å². The fourth-order valence-corrected chi connectivity index (χ4v) is 4.60. The summed E-state index contributed by atoms with van der Waals surface area (Å²) in [5, 5.41) is 3.82. The largest absolute Gasteiger partial charge is 0.381 e. The van der Waals surface area contributed by atoms with E-state index in [2.05, 4.69) is 15.3 Å². The number of anilines is 1. The molecule has 4 rings (SSSR count). The number of rotatable bonds is 6. The molecule has 1 saturated carbocycles. The van der Waals surface area contributed by atoms with Crippen LogP contribution in [0.4, 0.5) is 10.2 Å². The van der Waals surface area contributed by atoms with Crippen LogP contribution in [-0.4, -0.2) is 35.8 Å². The van der Waals surface area contributed by atoms with Gasteiger partial charge in [0.2, 0.25) is 0 Å². The Kier molecular flexibility index (Phi) is 7.18. The average molecular weight is 433 g/mol. The molecule has 0 amide bonds. The second-order valence-electron chi connectivity index (χ2n) is 8.60. The third-order valence-electron chi connectivity index (χ3n) is 6.32. The van der Waals surface area contributed by atoms with Gasteiger partial charge in [0.05, 0.1) is 16.9 Å². The molecule has 1 saturated heterocycles. The van der Waals surface area contributed by atoms with E-state index in [1.807, 2.05) is 6.07 Å². The highest BCUT2D eigenvalue weighted by molar-refractivity contribution is 6.33. The molecule has 2 aromatic rings. The fourth-order valence-electron chi connectivity index (χ4n) is 4.39. The van der Waals surface area contributed by atoms with E-state index >= 15 is 0 Å². The fraction of sp³-hybridized carbons (Fsp3) is 0.565. The maximum absolute atomic E-state index is 14.7. The molecule has 2 fully saturated rings. The summed E-state index contributed by atoms with van der Waals surface area (Å²) in [5.41, 5.74) is 7.76. The van der Waals surface area contributed by atoms with Gasteiger partial charge >= 0.3 is 0 Å². The lowest BCUT2D eigenvalue weighted by Gasteiger charge is -2.25. The van der Waals surface area contributed by atoms with Crippen molar-refractivity contribution in [1.82, 2.24) is 9.97 Å². The highest BCUT2D eigenvalue weighted by Crippen LogP contribution is 2.32. The van der Waals surface area contributed by atoms with E-state index in [4.69, 9.17) is 22.1 Å². The predicted molar refractivity (Wildman–Crippen MR) is 118 cm³/mol. The van der Waals surface area contributed by atoms with Gasteiger partial charge in [-0.15, -0.1) is 0 Å². The molecule has 0 bridgehead atoms. The van der Waals surface area contributed by atoms with E-state index in [0.29, 0.717) is 40.0 Å². The number of aromatic nitrogens is 2. The molecule has 0 unspecified atom stereocenters. The van der Waals surface area contributed by atoms with Gasteiger partial charge in [-0.3, -0.25) is 4.98 Å². The SMILES string of the molecule is NC1CCC(Cc2cc(-c3nc(NCC4CCOCC4)ccc3Cl)c(F)cn2)CC1. The maximum atomic E-state index is 14.7. The molecule has 2 aromatic heterocycles. The zero-order valence-corrected chi connectivity index (χ0v) is 18.0. The average Bonchev–Trinajstić information content (AvgIpc) is 2.77. The van der Waals surface area contributed by atoms with Gasteiger partial charge in [-0.25, -0.2) is 9.37 Å². The van der Waals surface area contributed by atoms with Crippen LogP contribution in [-0.2, 0) is 11.2 Å². The molecular formula is C23H30ClFN4O. The van der Waals surface area contributed by atoms with Crippen molar-refractivity contribution in [3.63, 3.8) is 0 Å². The molecule has 30 heavy (non-hydrogen) atoms. The van der Waals surface area contributed by atoms with E-state index < -0.39 is 5.82 Å². The molecule has 3 heterocycles. The summed E-state index contributed by atoms with van der Waals surface area (Å²) in [6.07, 6.45) is 8.50. The third kappa shape index (κ3) is 5.48. The molecule has 3 N–H and O–H groups in total. The van der Waals surface area contributed by atoms with Gasteiger partial charge in [0.1, 0.15) is 5.82 Å². The highest BCUT2D eigenvalue weighted by atomic mass is 35.5. The third-order valence-corrected chi connectivity index (χ3v) is 6.62. The lowest BCUT2D eigenvalue weighted by atomic mass is 9.83. The molecule has 0 radical (unpaired) electrons. The molecule has 1 aliphatic carbocycles. The Morgan fingerprint density at radius 2 is 1.87 bits per heavy atom. The summed E-state index contributed by atoms with van der Waals surface area (Å²) in [6, 6.07) is 5.74. The van der Waals surface area contributed by atoms with Gasteiger partial charge in [-0.05, 0) is 75.0 Å². The van der Waals surface area contributed by atoms with Crippen LogP contribution in [0.15, 0.2) is 24.4 Å². The van der Waals surface area contributed by atoms with Gasteiger partial charge in [0.15, 0.2) is 5.82 Å². The molecule has 1 aliphatic heterocycles.